The Morgan fingerprint density at radius 1 is 1.37 bits per heavy atom. The van der Waals surface area contributed by atoms with Gasteiger partial charge in [-0.05, 0) is 30.8 Å². The lowest BCUT2D eigenvalue weighted by atomic mass is 10.3. The van der Waals surface area contributed by atoms with Gasteiger partial charge < -0.3 is 14.6 Å². The van der Waals surface area contributed by atoms with Gasteiger partial charge in [0, 0.05) is 13.6 Å². The number of halogens is 1. The second-order valence-corrected chi connectivity index (χ2v) is 4.72. The van der Waals surface area contributed by atoms with E-state index in [0.29, 0.717) is 18.1 Å². The average Bonchev–Trinajstić information content (AvgIpc) is 2.90. The predicted molar refractivity (Wildman–Crippen MR) is 77.4 cm³/mol. The molecule has 0 bridgehead atoms. The van der Waals surface area contributed by atoms with Crippen LogP contribution in [0.4, 0.5) is 5.82 Å². The van der Waals surface area contributed by atoms with E-state index >= 15 is 0 Å². The molecule has 1 N–H and O–H groups in total. The molecule has 2 rings (SSSR count). The van der Waals surface area contributed by atoms with E-state index in [1.165, 1.54) is 0 Å². The van der Waals surface area contributed by atoms with E-state index < -0.39 is 0 Å². The molecule has 0 aliphatic heterocycles. The van der Waals surface area contributed by atoms with Crippen LogP contribution >= 0.6 is 11.6 Å². The van der Waals surface area contributed by atoms with Crippen molar-refractivity contribution in [3.63, 3.8) is 0 Å². The normalized spacial score (nSPS) is 10.7. The van der Waals surface area contributed by atoms with Gasteiger partial charge in [-0.15, -0.1) is 0 Å². The number of aromatic nitrogens is 1. The van der Waals surface area contributed by atoms with Gasteiger partial charge in [-0.25, -0.2) is 4.98 Å². The molecule has 0 radical (unpaired) electrons. The molecule has 4 nitrogen and oxygen atoms in total. The molecule has 0 saturated heterocycles. The van der Waals surface area contributed by atoms with E-state index in [1.807, 2.05) is 36.2 Å². The standard InChI is InChI=1S/C14H18ClN3O/c1-3-16-9-13-12(15)6-7-14(17-13)18(2)10-11-5-4-8-19-11/h4-8,16H,3,9-10H2,1-2H3. The molecule has 19 heavy (non-hydrogen) atoms. The molecule has 0 aliphatic carbocycles. The first-order valence-electron chi connectivity index (χ1n) is 6.30. The van der Waals surface area contributed by atoms with Gasteiger partial charge in [0.1, 0.15) is 11.6 Å². The molecule has 0 aliphatic rings. The van der Waals surface area contributed by atoms with E-state index in [1.54, 1.807) is 6.26 Å². The van der Waals surface area contributed by atoms with Gasteiger partial charge in [0.05, 0.1) is 23.5 Å². The van der Waals surface area contributed by atoms with Crippen LogP contribution in [0.2, 0.25) is 5.02 Å². The Hall–Kier alpha value is -1.52. The lowest BCUT2D eigenvalue weighted by molar-refractivity contribution is 0.507. The highest BCUT2D eigenvalue weighted by molar-refractivity contribution is 6.31. The Labute approximate surface area is 118 Å². The zero-order valence-electron chi connectivity index (χ0n) is 11.2. The van der Waals surface area contributed by atoms with Crippen molar-refractivity contribution < 1.29 is 4.42 Å². The van der Waals surface area contributed by atoms with E-state index in [9.17, 15) is 0 Å². The van der Waals surface area contributed by atoms with Gasteiger partial charge in [0.2, 0.25) is 0 Å². The topological polar surface area (TPSA) is 41.3 Å². The number of rotatable bonds is 6. The van der Waals surface area contributed by atoms with Crippen LogP contribution in [0.15, 0.2) is 34.9 Å². The quantitative estimate of drug-likeness (QED) is 0.882. The minimum atomic E-state index is 0.678. The number of anilines is 1. The lowest BCUT2D eigenvalue weighted by Gasteiger charge is -2.18. The molecular formula is C14H18ClN3O. The van der Waals surface area contributed by atoms with Crippen molar-refractivity contribution in [3.8, 4) is 0 Å². The third-order valence-electron chi connectivity index (χ3n) is 2.81. The highest BCUT2D eigenvalue weighted by atomic mass is 35.5. The second-order valence-electron chi connectivity index (χ2n) is 4.31. The van der Waals surface area contributed by atoms with Crippen LogP contribution in [0, 0.1) is 0 Å². The fourth-order valence-corrected chi connectivity index (χ4v) is 1.94. The summed E-state index contributed by atoms with van der Waals surface area (Å²) in [5.74, 6) is 1.79. The second kappa shape index (κ2) is 6.59. The third-order valence-corrected chi connectivity index (χ3v) is 3.15. The molecular weight excluding hydrogens is 262 g/mol. The molecule has 2 aromatic heterocycles. The van der Waals surface area contributed by atoms with Crippen molar-refractivity contribution in [2.75, 3.05) is 18.5 Å². The summed E-state index contributed by atoms with van der Waals surface area (Å²) in [4.78, 5) is 6.61. The van der Waals surface area contributed by atoms with Crippen molar-refractivity contribution in [3.05, 3.63) is 47.0 Å². The minimum Gasteiger partial charge on any atom is -0.467 e. The van der Waals surface area contributed by atoms with Crippen molar-refractivity contribution in [2.45, 2.75) is 20.0 Å². The van der Waals surface area contributed by atoms with Gasteiger partial charge in [-0.2, -0.15) is 0 Å². The Morgan fingerprint density at radius 3 is 2.89 bits per heavy atom. The van der Waals surface area contributed by atoms with Crippen LogP contribution in [-0.4, -0.2) is 18.6 Å². The van der Waals surface area contributed by atoms with E-state index in [2.05, 4.69) is 17.2 Å². The summed E-state index contributed by atoms with van der Waals surface area (Å²) in [7, 11) is 1.98. The van der Waals surface area contributed by atoms with E-state index in [0.717, 1.165) is 23.8 Å². The molecule has 102 valence electrons. The predicted octanol–water partition coefficient (Wildman–Crippen LogP) is 3.07. The van der Waals surface area contributed by atoms with Crippen LogP contribution in [0.25, 0.3) is 0 Å². The lowest BCUT2D eigenvalue weighted by Crippen LogP contribution is -2.19. The molecule has 0 aromatic carbocycles. The number of pyridine rings is 1. The first-order valence-corrected chi connectivity index (χ1v) is 6.68. The molecule has 2 aromatic rings. The molecule has 0 fully saturated rings. The Kier molecular flexibility index (Phi) is 4.82. The number of nitrogens with one attached hydrogen (secondary N) is 1. The van der Waals surface area contributed by atoms with E-state index in [-0.39, 0.29) is 0 Å². The molecule has 5 heteroatoms. The molecule has 0 atom stereocenters. The smallest absolute Gasteiger partial charge is 0.129 e. The van der Waals surface area contributed by atoms with Gasteiger partial charge in [-0.1, -0.05) is 18.5 Å². The highest BCUT2D eigenvalue weighted by Gasteiger charge is 2.09. The van der Waals surface area contributed by atoms with Crippen LogP contribution < -0.4 is 10.2 Å². The number of nitrogens with zero attached hydrogens (tertiary/aromatic N) is 2. The maximum absolute atomic E-state index is 6.14. The first-order chi connectivity index (χ1) is 9.20. The monoisotopic (exact) mass is 279 g/mol. The highest BCUT2D eigenvalue weighted by Crippen LogP contribution is 2.20. The zero-order chi connectivity index (χ0) is 13.7. The molecule has 0 spiro atoms. The van der Waals surface area contributed by atoms with Crippen molar-refractivity contribution in [2.24, 2.45) is 0 Å². The summed E-state index contributed by atoms with van der Waals surface area (Å²) >= 11 is 6.14. The molecule has 0 unspecified atom stereocenters. The zero-order valence-corrected chi connectivity index (χ0v) is 11.9. The third kappa shape index (κ3) is 3.72. The summed E-state index contributed by atoms with van der Waals surface area (Å²) in [6.07, 6.45) is 1.68. The minimum absolute atomic E-state index is 0.678. The summed E-state index contributed by atoms with van der Waals surface area (Å²) < 4.78 is 5.34. The van der Waals surface area contributed by atoms with Crippen LogP contribution in [0.5, 0.6) is 0 Å². The van der Waals surface area contributed by atoms with Gasteiger partial charge >= 0.3 is 0 Å². The van der Waals surface area contributed by atoms with E-state index in [4.69, 9.17) is 16.0 Å². The van der Waals surface area contributed by atoms with Crippen molar-refractivity contribution in [1.82, 2.24) is 10.3 Å². The fraction of sp³-hybridized carbons (Fsp3) is 0.357. The summed E-state index contributed by atoms with van der Waals surface area (Å²) in [5.41, 5.74) is 0.868. The van der Waals surface area contributed by atoms with Crippen LogP contribution in [0.3, 0.4) is 0 Å². The largest absolute Gasteiger partial charge is 0.467 e. The van der Waals surface area contributed by atoms with Crippen molar-refractivity contribution >= 4 is 17.4 Å². The molecule has 0 amide bonds. The maximum atomic E-state index is 6.14. The number of hydrogen-bond donors (Lipinski definition) is 1. The SMILES string of the molecule is CCNCc1nc(N(C)Cc2ccco2)ccc1Cl. The Balaban J connectivity index is 2.10. The summed E-state index contributed by atoms with van der Waals surface area (Å²) in [5, 5.41) is 3.92. The number of hydrogen-bond acceptors (Lipinski definition) is 4. The Bertz CT molecular complexity index is 513. The van der Waals surface area contributed by atoms with Crippen LogP contribution in [-0.2, 0) is 13.1 Å². The average molecular weight is 280 g/mol. The van der Waals surface area contributed by atoms with Gasteiger partial charge in [0.15, 0.2) is 0 Å². The molecule has 2 heterocycles. The first kappa shape index (κ1) is 13.9. The molecule has 0 saturated carbocycles. The Morgan fingerprint density at radius 2 is 2.21 bits per heavy atom. The van der Waals surface area contributed by atoms with Crippen LogP contribution in [0.1, 0.15) is 18.4 Å². The van der Waals surface area contributed by atoms with Gasteiger partial charge in [-0.3, -0.25) is 0 Å². The summed E-state index contributed by atoms with van der Waals surface area (Å²) in [6.45, 7) is 4.31. The van der Waals surface area contributed by atoms with Gasteiger partial charge in [0.25, 0.3) is 0 Å². The summed E-state index contributed by atoms with van der Waals surface area (Å²) in [6, 6.07) is 7.64. The van der Waals surface area contributed by atoms with Crippen molar-refractivity contribution in [1.29, 1.82) is 0 Å². The number of furan rings is 1. The maximum Gasteiger partial charge on any atom is 0.129 e. The fourth-order valence-electron chi connectivity index (χ4n) is 1.77.